The van der Waals surface area contributed by atoms with Gasteiger partial charge in [0.25, 0.3) is 5.91 Å². The molecule has 0 radical (unpaired) electrons. The van der Waals surface area contributed by atoms with Crippen LogP contribution in [0.25, 0.3) is 10.4 Å². The van der Waals surface area contributed by atoms with Gasteiger partial charge in [0.05, 0.1) is 4.88 Å². The molecular formula is C18H19FN2OS. The Morgan fingerprint density at radius 3 is 2.74 bits per heavy atom. The smallest absolute Gasteiger partial charge is 0.266 e. The van der Waals surface area contributed by atoms with Crippen molar-refractivity contribution in [1.29, 1.82) is 0 Å². The standard InChI is InChI=1S/C18H19FN2OS/c1-12-4-2-3-5-15(12)20-21-18(22)17-11-10-16(23-17)13-6-8-14(19)9-7-13/h6-12H,2-5H2,1H3,(H,21,22)/t12-/m1/s1. The SMILES string of the molecule is C[C@@H]1CCCCC1=NNC(=O)c1ccc(-c2ccc(F)cc2)s1. The van der Waals surface area contributed by atoms with E-state index in [1.807, 2.05) is 6.07 Å². The minimum Gasteiger partial charge on any atom is -0.266 e. The van der Waals surface area contributed by atoms with Crippen LogP contribution in [0.3, 0.4) is 0 Å². The fourth-order valence-corrected chi connectivity index (χ4v) is 3.64. The van der Waals surface area contributed by atoms with Crippen LogP contribution in [0.4, 0.5) is 4.39 Å². The van der Waals surface area contributed by atoms with Crippen molar-refractivity contribution in [3.8, 4) is 10.4 Å². The number of benzene rings is 1. The Morgan fingerprint density at radius 2 is 2.00 bits per heavy atom. The Bertz CT molecular complexity index is 721. The maximum Gasteiger partial charge on any atom is 0.281 e. The Morgan fingerprint density at radius 1 is 1.22 bits per heavy atom. The number of nitrogens with zero attached hydrogens (tertiary/aromatic N) is 1. The first-order chi connectivity index (χ1) is 11.1. The lowest BCUT2D eigenvalue weighted by molar-refractivity contribution is 0.0958. The van der Waals surface area contributed by atoms with Crippen molar-refractivity contribution in [1.82, 2.24) is 5.43 Å². The summed E-state index contributed by atoms with van der Waals surface area (Å²) < 4.78 is 13.0. The van der Waals surface area contributed by atoms with Crippen molar-refractivity contribution in [2.24, 2.45) is 11.0 Å². The fraction of sp³-hybridized carbons (Fsp3) is 0.333. The molecule has 3 rings (SSSR count). The summed E-state index contributed by atoms with van der Waals surface area (Å²) in [5, 5.41) is 4.31. The average Bonchev–Trinajstić information content (AvgIpc) is 3.04. The summed E-state index contributed by atoms with van der Waals surface area (Å²) in [6.07, 6.45) is 4.49. The molecule has 1 fully saturated rings. The van der Waals surface area contributed by atoms with Gasteiger partial charge in [-0.05, 0) is 55.0 Å². The van der Waals surface area contributed by atoms with Crippen LogP contribution < -0.4 is 5.43 Å². The van der Waals surface area contributed by atoms with Gasteiger partial charge in [-0.25, -0.2) is 9.82 Å². The van der Waals surface area contributed by atoms with Crippen LogP contribution in [0.5, 0.6) is 0 Å². The van der Waals surface area contributed by atoms with Gasteiger partial charge in [0.2, 0.25) is 0 Å². The quantitative estimate of drug-likeness (QED) is 0.803. The van der Waals surface area contributed by atoms with Crippen molar-refractivity contribution in [3.05, 3.63) is 47.1 Å². The van der Waals surface area contributed by atoms with Crippen LogP contribution in [0.2, 0.25) is 0 Å². The average molecular weight is 330 g/mol. The first kappa shape index (κ1) is 15.9. The minimum absolute atomic E-state index is 0.186. The van der Waals surface area contributed by atoms with Gasteiger partial charge < -0.3 is 0 Å². The molecule has 0 aliphatic heterocycles. The third-order valence-electron chi connectivity index (χ3n) is 4.15. The van der Waals surface area contributed by atoms with Gasteiger partial charge >= 0.3 is 0 Å². The molecule has 1 aliphatic carbocycles. The Balaban J connectivity index is 1.69. The second kappa shape index (κ2) is 7.04. The van der Waals surface area contributed by atoms with Crippen LogP contribution in [0.15, 0.2) is 41.5 Å². The van der Waals surface area contributed by atoms with Gasteiger partial charge in [-0.1, -0.05) is 25.5 Å². The summed E-state index contributed by atoms with van der Waals surface area (Å²) in [7, 11) is 0. The fourth-order valence-electron chi connectivity index (χ4n) is 2.74. The number of rotatable bonds is 3. The second-order valence-corrected chi connectivity index (χ2v) is 6.95. The van der Waals surface area contributed by atoms with E-state index in [-0.39, 0.29) is 11.7 Å². The lowest BCUT2D eigenvalue weighted by Crippen LogP contribution is -2.23. The van der Waals surface area contributed by atoms with Gasteiger partial charge in [-0.15, -0.1) is 11.3 Å². The van der Waals surface area contributed by atoms with Crippen molar-refractivity contribution in [3.63, 3.8) is 0 Å². The maximum atomic E-state index is 13.0. The lowest BCUT2D eigenvalue weighted by Gasteiger charge is -2.19. The Hall–Kier alpha value is -2.01. The van der Waals surface area contributed by atoms with Gasteiger partial charge in [0.15, 0.2) is 0 Å². The van der Waals surface area contributed by atoms with Gasteiger partial charge in [0, 0.05) is 10.6 Å². The van der Waals surface area contributed by atoms with Crippen LogP contribution in [-0.4, -0.2) is 11.6 Å². The highest BCUT2D eigenvalue weighted by Gasteiger charge is 2.17. The normalized spacial score (nSPS) is 19.7. The second-order valence-electron chi connectivity index (χ2n) is 5.86. The van der Waals surface area contributed by atoms with Crippen molar-refractivity contribution >= 4 is 23.0 Å². The number of hydrogen-bond acceptors (Lipinski definition) is 3. The van der Waals surface area contributed by atoms with E-state index in [4.69, 9.17) is 0 Å². The zero-order chi connectivity index (χ0) is 16.2. The predicted octanol–water partition coefficient (Wildman–Crippen LogP) is 4.85. The van der Waals surface area contributed by atoms with Crippen LogP contribution >= 0.6 is 11.3 Å². The van der Waals surface area contributed by atoms with Gasteiger partial charge in [-0.2, -0.15) is 5.10 Å². The molecule has 1 amide bonds. The summed E-state index contributed by atoms with van der Waals surface area (Å²) >= 11 is 1.38. The van der Waals surface area contributed by atoms with E-state index in [2.05, 4.69) is 17.5 Å². The molecular weight excluding hydrogens is 311 g/mol. The number of nitrogens with one attached hydrogen (secondary N) is 1. The molecule has 5 heteroatoms. The summed E-state index contributed by atoms with van der Waals surface area (Å²) in [4.78, 5) is 13.8. The maximum absolute atomic E-state index is 13.0. The van der Waals surface area contributed by atoms with Crippen LogP contribution in [0.1, 0.15) is 42.3 Å². The van der Waals surface area contributed by atoms with Crippen LogP contribution in [-0.2, 0) is 0 Å². The molecule has 3 nitrogen and oxygen atoms in total. The summed E-state index contributed by atoms with van der Waals surface area (Å²) in [6, 6.07) is 9.93. The summed E-state index contributed by atoms with van der Waals surface area (Å²) in [5.41, 5.74) is 4.66. The highest BCUT2D eigenvalue weighted by molar-refractivity contribution is 7.17. The zero-order valence-corrected chi connectivity index (χ0v) is 13.8. The molecule has 1 N–H and O–H groups in total. The van der Waals surface area contributed by atoms with Crippen LogP contribution in [0, 0.1) is 11.7 Å². The van der Waals surface area contributed by atoms with Crippen molar-refractivity contribution in [2.45, 2.75) is 32.6 Å². The molecule has 1 saturated carbocycles. The van der Waals surface area contributed by atoms with Crippen molar-refractivity contribution < 1.29 is 9.18 Å². The summed E-state index contributed by atoms with van der Waals surface area (Å²) in [6.45, 7) is 2.15. The predicted molar refractivity (Wildman–Crippen MR) is 92.2 cm³/mol. The zero-order valence-electron chi connectivity index (χ0n) is 13.0. The number of halogens is 1. The molecule has 0 saturated heterocycles. The van der Waals surface area contributed by atoms with Gasteiger partial charge in [-0.3, -0.25) is 4.79 Å². The van der Waals surface area contributed by atoms with E-state index in [1.54, 1.807) is 18.2 Å². The number of hydrazone groups is 1. The highest BCUT2D eigenvalue weighted by Crippen LogP contribution is 2.28. The molecule has 2 aromatic rings. The molecule has 1 aromatic carbocycles. The molecule has 1 aromatic heterocycles. The molecule has 1 aliphatic rings. The van der Waals surface area contributed by atoms with E-state index in [0.29, 0.717) is 10.8 Å². The Labute approximate surface area is 139 Å². The third-order valence-corrected chi connectivity index (χ3v) is 5.28. The van der Waals surface area contributed by atoms with E-state index in [0.717, 1.165) is 35.4 Å². The number of hydrogen-bond donors (Lipinski definition) is 1. The number of carbonyl (C=O) groups excluding carboxylic acids is 1. The van der Waals surface area contributed by atoms with Gasteiger partial charge in [0.1, 0.15) is 5.82 Å². The first-order valence-corrected chi connectivity index (χ1v) is 8.67. The molecule has 0 bridgehead atoms. The molecule has 1 heterocycles. The summed E-state index contributed by atoms with van der Waals surface area (Å²) in [5.74, 6) is -0.00324. The molecule has 120 valence electrons. The topological polar surface area (TPSA) is 41.5 Å². The van der Waals surface area contributed by atoms with E-state index in [1.165, 1.54) is 29.9 Å². The third kappa shape index (κ3) is 3.85. The lowest BCUT2D eigenvalue weighted by atomic mass is 9.89. The molecule has 23 heavy (non-hydrogen) atoms. The number of thiophene rings is 1. The molecule has 1 atom stereocenters. The first-order valence-electron chi connectivity index (χ1n) is 7.86. The molecule has 0 unspecified atom stereocenters. The van der Waals surface area contributed by atoms with Crippen molar-refractivity contribution in [2.75, 3.05) is 0 Å². The monoisotopic (exact) mass is 330 g/mol. The minimum atomic E-state index is -0.263. The molecule has 0 spiro atoms. The number of amides is 1. The van der Waals surface area contributed by atoms with E-state index >= 15 is 0 Å². The van der Waals surface area contributed by atoms with E-state index in [9.17, 15) is 9.18 Å². The number of carbonyl (C=O) groups is 1. The highest BCUT2D eigenvalue weighted by atomic mass is 32.1. The largest absolute Gasteiger partial charge is 0.281 e. The Kier molecular flexibility index (Phi) is 4.86. The van der Waals surface area contributed by atoms with E-state index < -0.39 is 0 Å².